The second kappa shape index (κ2) is 8.29. The van der Waals surface area contributed by atoms with Gasteiger partial charge in [-0.25, -0.2) is 4.98 Å². The van der Waals surface area contributed by atoms with E-state index in [1.165, 1.54) is 5.56 Å². The zero-order chi connectivity index (χ0) is 17.5. The average Bonchev–Trinajstić information content (AvgIpc) is 3.12. The second-order valence-corrected chi connectivity index (χ2v) is 5.94. The summed E-state index contributed by atoms with van der Waals surface area (Å²) in [6.45, 7) is 2.11. The molecular formula is C21H22N2O2. The number of carbonyl (C=O) groups excluding carboxylic acids is 1. The lowest BCUT2D eigenvalue weighted by Crippen LogP contribution is -2.11. The van der Waals surface area contributed by atoms with E-state index < -0.39 is 0 Å². The van der Waals surface area contributed by atoms with Crippen LogP contribution in [0, 0.1) is 0 Å². The first-order chi connectivity index (χ1) is 12.2. The van der Waals surface area contributed by atoms with Gasteiger partial charge in [-0.1, -0.05) is 49.4 Å². The van der Waals surface area contributed by atoms with Gasteiger partial charge < -0.3 is 9.73 Å². The number of rotatable bonds is 7. The van der Waals surface area contributed by atoms with Crippen LogP contribution in [-0.2, 0) is 17.6 Å². The average molecular weight is 334 g/mol. The van der Waals surface area contributed by atoms with E-state index in [1.54, 1.807) is 6.20 Å². The number of anilines is 1. The van der Waals surface area contributed by atoms with Crippen LogP contribution >= 0.6 is 0 Å². The van der Waals surface area contributed by atoms with Crippen LogP contribution < -0.4 is 5.32 Å². The van der Waals surface area contributed by atoms with E-state index in [0.29, 0.717) is 25.2 Å². The standard InChI is InChI=1S/C21H22N2O2/c1-2-16-11-13-18(14-12-16)23-20(24)9-6-10-21-22-15-19(25-21)17-7-4-3-5-8-17/h3-5,7-8,11-15H,2,6,9-10H2,1H3,(H,23,24). The van der Waals surface area contributed by atoms with Crippen LogP contribution in [0.25, 0.3) is 11.3 Å². The molecule has 0 atom stereocenters. The first-order valence-electron chi connectivity index (χ1n) is 8.63. The summed E-state index contributed by atoms with van der Waals surface area (Å²) in [6, 6.07) is 17.8. The van der Waals surface area contributed by atoms with E-state index in [9.17, 15) is 4.79 Å². The van der Waals surface area contributed by atoms with E-state index in [0.717, 1.165) is 23.4 Å². The Hall–Kier alpha value is -2.88. The summed E-state index contributed by atoms with van der Waals surface area (Å²) in [5.41, 5.74) is 3.11. The Bertz CT molecular complexity index is 807. The van der Waals surface area contributed by atoms with E-state index >= 15 is 0 Å². The SMILES string of the molecule is CCc1ccc(NC(=O)CCCc2ncc(-c3ccccc3)o2)cc1. The molecule has 0 fully saturated rings. The molecule has 1 N–H and O–H groups in total. The predicted molar refractivity (Wildman–Crippen MR) is 99.3 cm³/mol. The van der Waals surface area contributed by atoms with Crippen LogP contribution in [0.4, 0.5) is 5.69 Å². The quantitative estimate of drug-likeness (QED) is 0.671. The molecule has 0 aliphatic rings. The van der Waals surface area contributed by atoms with E-state index in [4.69, 9.17) is 4.42 Å². The number of aryl methyl sites for hydroxylation is 2. The summed E-state index contributed by atoms with van der Waals surface area (Å²) in [6.07, 6.45) is 4.52. The molecule has 25 heavy (non-hydrogen) atoms. The van der Waals surface area contributed by atoms with Crippen LogP contribution in [0.2, 0.25) is 0 Å². The number of nitrogens with zero attached hydrogens (tertiary/aromatic N) is 1. The lowest BCUT2D eigenvalue weighted by atomic mass is 10.1. The van der Waals surface area contributed by atoms with Crippen LogP contribution in [0.5, 0.6) is 0 Å². The van der Waals surface area contributed by atoms with Gasteiger partial charge in [0.25, 0.3) is 0 Å². The summed E-state index contributed by atoms with van der Waals surface area (Å²) in [5, 5.41) is 2.92. The molecule has 128 valence electrons. The number of aromatic nitrogens is 1. The van der Waals surface area contributed by atoms with Crippen molar-refractivity contribution in [2.45, 2.75) is 32.6 Å². The summed E-state index contributed by atoms with van der Waals surface area (Å²) < 4.78 is 5.75. The fourth-order valence-electron chi connectivity index (χ4n) is 2.61. The van der Waals surface area contributed by atoms with Crippen molar-refractivity contribution in [3.05, 3.63) is 72.2 Å². The van der Waals surface area contributed by atoms with Gasteiger partial charge in [0.1, 0.15) is 0 Å². The van der Waals surface area contributed by atoms with Gasteiger partial charge in [0.2, 0.25) is 5.91 Å². The molecule has 0 spiro atoms. The molecule has 0 aliphatic heterocycles. The monoisotopic (exact) mass is 334 g/mol. The Morgan fingerprint density at radius 2 is 1.84 bits per heavy atom. The van der Waals surface area contributed by atoms with Crippen molar-refractivity contribution in [3.63, 3.8) is 0 Å². The first-order valence-corrected chi connectivity index (χ1v) is 8.63. The molecule has 1 heterocycles. The molecule has 0 bridgehead atoms. The largest absolute Gasteiger partial charge is 0.441 e. The highest BCUT2D eigenvalue weighted by Gasteiger charge is 2.08. The van der Waals surface area contributed by atoms with E-state index in [-0.39, 0.29) is 5.91 Å². The van der Waals surface area contributed by atoms with Crippen molar-refractivity contribution in [1.29, 1.82) is 0 Å². The van der Waals surface area contributed by atoms with Crippen LogP contribution in [0.1, 0.15) is 31.2 Å². The Labute approximate surface area is 147 Å². The molecular weight excluding hydrogens is 312 g/mol. The third-order valence-electron chi connectivity index (χ3n) is 4.05. The van der Waals surface area contributed by atoms with Gasteiger partial charge in [0, 0.05) is 24.1 Å². The molecule has 0 saturated carbocycles. The summed E-state index contributed by atoms with van der Waals surface area (Å²) >= 11 is 0. The van der Waals surface area contributed by atoms with Gasteiger partial charge >= 0.3 is 0 Å². The lowest BCUT2D eigenvalue weighted by Gasteiger charge is -2.05. The number of carbonyl (C=O) groups is 1. The number of nitrogens with one attached hydrogen (secondary N) is 1. The highest BCUT2D eigenvalue weighted by atomic mass is 16.4. The molecule has 0 radical (unpaired) electrons. The fraction of sp³-hybridized carbons (Fsp3) is 0.238. The van der Waals surface area contributed by atoms with E-state index in [2.05, 4.69) is 17.2 Å². The van der Waals surface area contributed by atoms with Crippen molar-refractivity contribution in [1.82, 2.24) is 4.98 Å². The van der Waals surface area contributed by atoms with Crippen LogP contribution in [-0.4, -0.2) is 10.9 Å². The smallest absolute Gasteiger partial charge is 0.224 e. The Morgan fingerprint density at radius 1 is 1.08 bits per heavy atom. The minimum absolute atomic E-state index is 0.0130. The zero-order valence-electron chi connectivity index (χ0n) is 14.4. The number of hydrogen-bond acceptors (Lipinski definition) is 3. The molecule has 4 heteroatoms. The van der Waals surface area contributed by atoms with Crippen LogP contribution in [0.15, 0.2) is 65.2 Å². The maximum Gasteiger partial charge on any atom is 0.224 e. The molecule has 2 aromatic carbocycles. The van der Waals surface area contributed by atoms with Crippen molar-refractivity contribution in [3.8, 4) is 11.3 Å². The topological polar surface area (TPSA) is 55.1 Å². The molecule has 0 aliphatic carbocycles. The predicted octanol–water partition coefficient (Wildman–Crippen LogP) is 4.87. The summed E-state index contributed by atoms with van der Waals surface area (Å²) in [7, 11) is 0. The minimum atomic E-state index is 0.0130. The molecule has 1 amide bonds. The molecule has 0 saturated heterocycles. The second-order valence-electron chi connectivity index (χ2n) is 5.94. The third-order valence-corrected chi connectivity index (χ3v) is 4.05. The summed E-state index contributed by atoms with van der Waals surface area (Å²) in [4.78, 5) is 16.3. The van der Waals surface area contributed by atoms with Crippen molar-refractivity contribution in [2.75, 3.05) is 5.32 Å². The Balaban J connectivity index is 1.46. The van der Waals surface area contributed by atoms with Gasteiger partial charge in [-0.05, 0) is 30.5 Å². The molecule has 3 rings (SSSR count). The van der Waals surface area contributed by atoms with Crippen molar-refractivity contribution >= 4 is 11.6 Å². The molecule has 3 aromatic rings. The Morgan fingerprint density at radius 3 is 2.56 bits per heavy atom. The van der Waals surface area contributed by atoms with E-state index in [1.807, 2.05) is 54.6 Å². The van der Waals surface area contributed by atoms with Crippen LogP contribution in [0.3, 0.4) is 0 Å². The third kappa shape index (κ3) is 4.80. The molecule has 1 aromatic heterocycles. The van der Waals surface area contributed by atoms with Gasteiger partial charge in [-0.3, -0.25) is 4.79 Å². The molecule has 4 nitrogen and oxygen atoms in total. The summed E-state index contributed by atoms with van der Waals surface area (Å²) in [5.74, 6) is 1.44. The normalized spacial score (nSPS) is 10.6. The number of hydrogen-bond donors (Lipinski definition) is 1. The highest BCUT2D eigenvalue weighted by molar-refractivity contribution is 5.90. The Kier molecular flexibility index (Phi) is 5.62. The first kappa shape index (κ1) is 17.0. The maximum atomic E-state index is 12.0. The van der Waals surface area contributed by atoms with Gasteiger partial charge in [0.15, 0.2) is 11.7 Å². The minimum Gasteiger partial charge on any atom is -0.441 e. The maximum absolute atomic E-state index is 12.0. The van der Waals surface area contributed by atoms with Crippen molar-refractivity contribution in [2.24, 2.45) is 0 Å². The van der Waals surface area contributed by atoms with Gasteiger partial charge in [0.05, 0.1) is 6.20 Å². The lowest BCUT2D eigenvalue weighted by molar-refractivity contribution is -0.116. The molecule has 0 unspecified atom stereocenters. The van der Waals surface area contributed by atoms with Gasteiger partial charge in [-0.15, -0.1) is 0 Å². The van der Waals surface area contributed by atoms with Gasteiger partial charge in [-0.2, -0.15) is 0 Å². The fourth-order valence-corrected chi connectivity index (χ4v) is 2.61. The number of benzene rings is 2. The number of amides is 1. The highest BCUT2D eigenvalue weighted by Crippen LogP contribution is 2.20. The number of oxazole rings is 1. The zero-order valence-corrected chi connectivity index (χ0v) is 14.4. The van der Waals surface area contributed by atoms with Crippen molar-refractivity contribution < 1.29 is 9.21 Å².